The third kappa shape index (κ3) is 6.56. The molecule has 0 saturated carbocycles. The highest BCUT2D eigenvalue weighted by molar-refractivity contribution is 7.92. The third-order valence-corrected chi connectivity index (χ3v) is 5.50. The van der Waals surface area contributed by atoms with Gasteiger partial charge in [-0.15, -0.1) is 0 Å². The summed E-state index contributed by atoms with van der Waals surface area (Å²) in [4.78, 5) is 12.0. The van der Waals surface area contributed by atoms with Crippen LogP contribution in [-0.2, 0) is 14.8 Å². The van der Waals surface area contributed by atoms with E-state index in [4.69, 9.17) is 4.74 Å². The van der Waals surface area contributed by atoms with Gasteiger partial charge in [-0.05, 0) is 43.5 Å². The summed E-state index contributed by atoms with van der Waals surface area (Å²) in [7, 11) is -3.41. The molecule has 0 unspecified atom stereocenters. The Bertz CT molecular complexity index is 897. The van der Waals surface area contributed by atoms with Gasteiger partial charge in [-0.25, -0.2) is 8.42 Å². The van der Waals surface area contributed by atoms with Crippen LogP contribution in [0.1, 0.15) is 24.0 Å². The fourth-order valence-electron chi connectivity index (χ4n) is 2.85. The fraction of sp³-hybridized carbons (Fsp3) is 0.381. The predicted octanol–water partition coefficient (Wildman–Crippen LogP) is 3.04. The zero-order chi connectivity index (χ0) is 20.6. The molecule has 1 N–H and O–H groups in total. The Labute approximate surface area is 167 Å². The van der Waals surface area contributed by atoms with Gasteiger partial charge in [0.25, 0.3) is 0 Å². The van der Waals surface area contributed by atoms with E-state index in [2.05, 4.69) is 5.32 Å². The van der Waals surface area contributed by atoms with Crippen molar-refractivity contribution in [2.75, 3.05) is 30.3 Å². The van der Waals surface area contributed by atoms with Gasteiger partial charge in [-0.2, -0.15) is 0 Å². The summed E-state index contributed by atoms with van der Waals surface area (Å²) in [5.74, 6) is 0.686. The van der Waals surface area contributed by atoms with E-state index in [-0.39, 0.29) is 18.9 Å². The lowest BCUT2D eigenvalue weighted by Crippen LogP contribution is -2.33. The summed E-state index contributed by atoms with van der Waals surface area (Å²) in [6.07, 6.45) is 1.87. The molecular weight excluding hydrogens is 376 g/mol. The van der Waals surface area contributed by atoms with Crippen molar-refractivity contribution in [1.29, 1.82) is 0 Å². The number of sulfonamides is 1. The van der Waals surface area contributed by atoms with Crippen LogP contribution >= 0.6 is 0 Å². The van der Waals surface area contributed by atoms with Crippen LogP contribution in [0.15, 0.2) is 48.5 Å². The Morgan fingerprint density at radius 1 is 1.04 bits per heavy atom. The van der Waals surface area contributed by atoms with Crippen LogP contribution in [0.2, 0.25) is 0 Å². The van der Waals surface area contributed by atoms with Gasteiger partial charge < -0.3 is 10.1 Å². The molecule has 0 aromatic heterocycles. The van der Waals surface area contributed by atoms with Gasteiger partial charge in [0.05, 0.1) is 18.5 Å². The van der Waals surface area contributed by atoms with Crippen molar-refractivity contribution >= 4 is 21.6 Å². The number of carbonyl (C=O) groups is 1. The van der Waals surface area contributed by atoms with Crippen molar-refractivity contribution in [3.63, 3.8) is 0 Å². The Balaban J connectivity index is 1.77. The van der Waals surface area contributed by atoms with Gasteiger partial charge in [0.15, 0.2) is 0 Å². The molecule has 0 heterocycles. The maximum atomic E-state index is 12.1. The first-order valence-corrected chi connectivity index (χ1v) is 11.1. The minimum absolute atomic E-state index is 0.119. The first kappa shape index (κ1) is 21.8. The molecule has 0 fully saturated rings. The maximum absolute atomic E-state index is 12.1. The summed E-state index contributed by atoms with van der Waals surface area (Å²) >= 11 is 0. The van der Waals surface area contributed by atoms with E-state index < -0.39 is 10.0 Å². The molecule has 7 heteroatoms. The molecule has 152 valence electrons. The molecule has 2 aromatic carbocycles. The second kappa shape index (κ2) is 10.1. The van der Waals surface area contributed by atoms with Gasteiger partial charge in [0.2, 0.25) is 15.9 Å². The molecule has 0 aliphatic rings. The number of para-hydroxylation sites is 2. The van der Waals surface area contributed by atoms with Crippen molar-refractivity contribution in [3.8, 4) is 5.75 Å². The van der Waals surface area contributed by atoms with Crippen molar-refractivity contribution in [3.05, 3.63) is 59.7 Å². The van der Waals surface area contributed by atoms with Gasteiger partial charge in [-0.1, -0.05) is 36.4 Å². The third-order valence-electron chi connectivity index (χ3n) is 4.32. The number of amides is 1. The largest absolute Gasteiger partial charge is 0.491 e. The zero-order valence-electron chi connectivity index (χ0n) is 16.6. The Kier molecular flexibility index (Phi) is 7.87. The zero-order valence-corrected chi connectivity index (χ0v) is 17.5. The lowest BCUT2D eigenvalue weighted by Gasteiger charge is -2.24. The maximum Gasteiger partial charge on any atom is 0.232 e. The van der Waals surface area contributed by atoms with Gasteiger partial charge >= 0.3 is 0 Å². The average Bonchev–Trinajstić information content (AvgIpc) is 2.64. The second-order valence-corrected chi connectivity index (χ2v) is 8.60. The highest BCUT2D eigenvalue weighted by Gasteiger charge is 2.18. The van der Waals surface area contributed by atoms with Gasteiger partial charge in [-0.3, -0.25) is 9.10 Å². The molecular formula is C21H28N2O4S. The summed E-state index contributed by atoms with van der Waals surface area (Å²) in [6.45, 7) is 4.89. The van der Waals surface area contributed by atoms with Crippen LogP contribution in [-0.4, -0.2) is 40.3 Å². The molecule has 6 nitrogen and oxygen atoms in total. The minimum atomic E-state index is -3.41. The lowest BCUT2D eigenvalue weighted by atomic mass is 10.2. The average molecular weight is 405 g/mol. The Morgan fingerprint density at radius 2 is 1.68 bits per heavy atom. The molecule has 0 radical (unpaired) electrons. The van der Waals surface area contributed by atoms with E-state index in [1.54, 1.807) is 6.07 Å². The Morgan fingerprint density at radius 3 is 2.32 bits per heavy atom. The number of nitrogens with zero attached hydrogens (tertiary/aromatic N) is 1. The minimum Gasteiger partial charge on any atom is -0.491 e. The van der Waals surface area contributed by atoms with E-state index in [0.717, 1.165) is 16.9 Å². The van der Waals surface area contributed by atoms with Gasteiger partial charge in [0.1, 0.15) is 12.4 Å². The highest BCUT2D eigenvalue weighted by atomic mass is 32.2. The number of carbonyl (C=O) groups excluding carboxylic acids is 1. The SMILES string of the molecule is Cc1ccccc1OCCNC(=O)CCCN(c1ccccc1C)S(C)(=O)=O. The second-order valence-electron chi connectivity index (χ2n) is 6.69. The van der Waals surface area contributed by atoms with E-state index in [0.29, 0.717) is 25.3 Å². The molecule has 0 aliphatic carbocycles. The summed E-state index contributed by atoms with van der Waals surface area (Å²) in [5.41, 5.74) is 2.58. The molecule has 0 atom stereocenters. The number of hydrogen-bond acceptors (Lipinski definition) is 4. The van der Waals surface area contributed by atoms with Crippen LogP contribution in [0.5, 0.6) is 5.75 Å². The van der Waals surface area contributed by atoms with E-state index in [9.17, 15) is 13.2 Å². The van der Waals surface area contributed by atoms with E-state index in [1.165, 1.54) is 10.6 Å². The number of ether oxygens (including phenoxy) is 1. The van der Waals surface area contributed by atoms with Crippen LogP contribution in [0.4, 0.5) is 5.69 Å². The van der Waals surface area contributed by atoms with Crippen molar-refractivity contribution in [2.24, 2.45) is 0 Å². The monoisotopic (exact) mass is 404 g/mol. The Hall–Kier alpha value is -2.54. The normalized spacial score (nSPS) is 11.1. The van der Waals surface area contributed by atoms with Crippen LogP contribution < -0.4 is 14.4 Å². The van der Waals surface area contributed by atoms with Crippen molar-refractivity contribution < 1.29 is 17.9 Å². The lowest BCUT2D eigenvalue weighted by molar-refractivity contribution is -0.121. The summed E-state index contributed by atoms with van der Waals surface area (Å²) in [5, 5.41) is 2.80. The molecule has 0 bridgehead atoms. The number of nitrogens with one attached hydrogen (secondary N) is 1. The number of benzene rings is 2. The van der Waals surface area contributed by atoms with Crippen molar-refractivity contribution in [2.45, 2.75) is 26.7 Å². The molecule has 0 aliphatic heterocycles. The molecule has 1 amide bonds. The van der Waals surface area contributed by atoms with E-state index in [1.807, 2.05) is 56.3 Å². The molecule has 0 spiro atoms. The standard InChI is InChI=1S/C21H28N2O4S/c1-17-9-4-6-11-19(17)23(28(3,25)26)15-8-13-21(24)22-14-16-27-20-12-7-5-10-18(20)2/h4-7,9-12H,8,13-16H2,1-3H3,(H,22,24). The van der Waals surface area contributed by atoms with Crippen LogP contribution in [0.25, 0.3) is 0 Å². The van der Waals surface area contributed by atoms with Crippen LogP contribution in [0.3, 0.4) is 0 Å². The molecule has 2 rings (SSSR count). The van der Waals surface area contributed by atoms with Gasteiger partial charge in [0, 0.05) is 13.0 Å². The quantitative estimate of drug-likeness (QED) is 0.618. The van der Waals surface area contributed by atoms with Crippen molar-refractivity contribution in [1.82, 2.24) is 5.32 Å². The first-order valence-electron chi connectivity index (χ1n) is 9.27. The van der Waals surface area contributed by atoms with Crippen LogP contribution in [0, 0.1) is 13.8 Å². The highest BCUT2D eigenvalue weighted by Crippen LogP contribution is 2.22. The fourth-order valence-corrected chi connectivity index (χ4v) is 3.87. The number of aryl methyl sites for hydroxylation is 2. The smallest absolute Gasteiger partial charge is 0.232 e. The first-order chi connectivity index (χ1) is 13.3. The molecule has 28 heavy (non-hydrogen) atoms. The number of rotatable bonds is 10. The summed E-state index contributed by atoms with van der Waals surface area (Å²) < 4.78 is 31.3. The predicted molar refractivity (Wildman–Crippen MR) is 112 cm³/mol. The molecule has 2 aromatic rings. The number of hydrogen-bond donors (Lipinski definition) is 1. The summed E-state index contributed by atoms with van der Waals surface area (Å²) in [6, 6.07) is 15.0. The molecule has 0 saturated heterocycles. The number of anilines is 1. The van der Waals surface area contributed by atoms with E-state index >= 15 is 0 Å². The topological polar surface area (TPSA) is 75.7 Å².